The number of benzene rings is 1. The fourth-order valence-corrected chi connectivity index (χ4v) is 4.94. The zero-order valence-corrected chi connectivity index (χ0v) is 17.9. The van der Waals surface area contributed by atoms with Crippen LogP contribution in [0, 0.1) is 17.3 Å². The minimum absolute atomic E-state index is 0.0109. The Morgan fingerprint density at radius 2 is 1.90 bits per heavy atom. The number of carbonyl (C=O) groups is 2. The van der Waals surface area contributed by atoms with E-state index in [-0.39, 0.29) is 24.0 Å². The lowest BCUT2D eigenvalue weighted by Crippen LogP contribution is -2.46. The van der Waals surface area contributed by atoms with Crippen molar-refractivity contribution in [2.24, 2.45) is 17.3 Å². The van der Waals surface area contributed by atoms with E-state index in [1.165, 1.54) is 12.8 Å². The fraction of sp³-hybridized carbons (Fsp3) is 0.667. The van der Waals surface area contributed by atoms with Gasteiger partial charge in [0.15, 0.2) is 0 Å². The highest BCUT2D eigenvalue weighted by Gasteiger charge is 2.41. The quantitative estimate of drug-likeness (QED) is 0.813. The predicted molar refractivity (Wildman–Crippen MR) is 113 cm³/mol. The van der Waals surface area contributed by atoms with E-state index in [0.717, 1.165) is 50.0 Å². The van der Waals surface area contributed by atoms with Gasteiger partial charge in [0.2, 0.25) is 11.8 Å². The largest absolute Gasteiger partial charge is 0.370 e. The van der Waals surface area contributed by atoms with Crippen molar-refractivity contribution in [1.82, 2.24) is 4.90 Å². The Hall–Kier alpha value is -1.88. The van der Waals surface area contributed by atoms with E-state index in [9.17, 15) is 9.59 Å². The van der Waals surface area contributed by atoms with Crippen LogP contribution in [0.1, 0.15) is 71.0 Å². The molecule has 2 heterocycles. The molecule has 5 heteroatoms. The maximum absolute atomic E-state index is 12.8. The minimum atomic E-state index is -0.426. The number of nitrogens with one attached hydrogen (secondary N) is 1. The number of hydrogen-bond acceptors (Lipinski definition) is 3. The minimum Gasteiger partial charge on any atom is -0.370 e. The molecule has 3 fully saturated rings. The van der Waals surface area contributed by atoms with Crippen molar-refractivity contribution in [2.45, 2.75) is 71.5 Å². The summed E-state index contributed by atoms with van der Waals surface area (Å²) in [6.07, 6.45) is 6.67. The van der Waals surface area contributed by atoms with Gasteiger partial charge in [0, 0.05) is 36.0 Å². The number of nitrogens with zero attached hydrogens (tertiary/aromatic N) is 1. The van der Waals surface area contributed by atoms with Crippen molar-refractivity contribution >= 4 is 17.5 Å². The van der Waals surface area contributed by atoms with E-state index in [2.05, 4.69) is 16.3 Å². The molecule has 5 nitrogen and oxygen atoms in total. The lowest BCUT2D eigenvalue weighted by atomic mass is 9.90. The summed E-state index contributed by atoms with van der Waals surface area (Å²) in [5, 5.41) is 3.01. The fourth-order valence-electron chi connectivity index (χ4n) is 4.94. The van der Waals surface area contributed by atoms with Gasteiger partial charge in [0.05, 0.1) is 12.2 Å². The van der Waals surface area contributed by atoms with E-state index in [1.807, 2.05) is 39.0 Å². The third kappa shape index (κ3) is 4.50. The predicted octanol–water partition coefficient (Wildman–Crippen LogP) is 4.54. The van der Waals surface area contributed by atoms with Crippen molar-refractivity contribution in [3.63, 3.8) is 0 Å². The monoisotopic (exact) mass is 398 g/mol. The summed E-state index contributed by atoms with van der Waals surface area (Å²) in [5.74, 6) is 1.05. The molecule has 1 N–H and O–H groups in total. The van der Waals surface area contributed by atoms with Crippen molar-refractivity contribution < 1.29 is 14.3 Å². The SMILES string of the molecule is CC(C)(C)C(=O)Nc1cccc(C2CC3CN(C(=O)C4CCCC4)CCC3O2)c1. The van der Waals surface area contributed by atoms with Crippen molar-refractivity contribution in [2.75, 3.05) is 18.4 Å². The molecule has 3 atom stereocenters. The van der Waals surface area contributed by atoms with Crippen LogP contribution in [-0.4, -0.2) is 35.9 Å². The van der Waals surface area contributed by atoms with Gasteiger partial charge in [-0.3, -0.25) is 9.59 Å². The van der Waals surface area contributed by atoms with Gasteiger partial charge in [0.1, 0.15) is 0 Å². The summed E-state index contributed by atoms with van der Waals surface area (Å²) in [5.41, 5.74) is 1.50. The van der Waals surface area contributed by atoms with Crippen LogP contribution in [0.25, 0.3) is 0 Å². The number of anilines is 1. The first-order chi connectivity index (χ1) is 13.8. The van der Waals surface area contributed by atoms with Gasteiger partial charge in [-0.25, -0.2) is 0 Å². The van der Waals surface area contributed by atoms with Crippen molar-refractivity contribution in [3.05, 3.63) is 29.8 Å². The lowest BCUT2D eigenvalue weighted by Gasteiger charge is -2.35. The van der Waals surface area contributed by atoms with Crippen LogP contribution in [0.2, 0.25) is 0 Å². The molecule has 0 aromatic heterocycles. The van der Waals surface area contributed by atoms with Crippen LogP contribution in [0.5, 0.6) is 0 Å². The van der Waals surface area contributed by atoms with Crippen LogP contribution in [-0.2, 0) is 14.3 Å². The molecule has 0 radical (unpaired) electrons. The smallest absolute Gasteiger partial charge is 0.229 e. The molecule has 1 aliphatic carbocycles. The molecule has 29 heavy (non-hydrogen) atoms. The third-order valence-electron chi connectivity index (χ3n) is 6.73. The van der Waals surface area contributed by atoms with Crippen LogP contribution < -0.4 is 5.32 Å². The van der Waals surface area contributed by atoms with Gasteiger partial charge in [0.25, 0.3) is 0 Å². The number of fused-ring (bicyclic) bond motifs is 1. The van der Waals surface area contributed by atoms with Crippen LogP contribution in [0.3, 0.4) is 0 Å². The number of piperidine rings is 1. The van der Waals surface area contributed by atoms with Crippen molar-refractivity contribution in [1.29, 1.82) is 0 Å². The molecule has 2 saturated heterocycles. The van der Waals surface area contributed by atoms with Crippen LogP contribution >= 0.6 is 0 Å². The Balaban J connectivity index is 1.39. The normalized spacial score (nSPS) is 27.7. The summed E-state index contributed by atoms with van der Waals surface area (Å²) in [6, 6.07) is 8.02. The molecular weight excluding hydrogens is 364 g/mol. The van der Waals surface area contributed by atoms with E-state index >= 15 is 0 Å². The zero-order chi connectivity index (χ0) is 20.6. The molecule has 2 amide bonds. The molecule has 2 aliphatic heterocycles. The van der Waals surface area contributed by atoms with Crippen LogP contribution in [0.15, 0.2) is 24.3 Å². The number of ether oxygens (including phenoxy) is 1. The topological polar surface area (TPSA) is 58.6 Å². The average Bonchev–Trinajstić information content (AvgIpc) is 3.36. The van der Waals surface area contributed by atoms with Gasteiger partial charge < -0.3 is 15.0 Å². The Labute approximate surface area is 174 Å². The first kappa shape index (κ1) is 20.4. The molecule has 1 saturated carbocycles. The van der Waals surface area contributed by atoms with E-state index in [4.69, 9.17) is 4.74 Å². The molecule has 3 unspecified atom stereocenters. The van der Waals surface area contributed by atoms with E-state index in [0.29, 0.717) is 11.8 Å². The molecule has 158 valence electrons. The summed E-state index contributed by atoms with van der Waals surface area (Å²) in [7, 11) is 0. The maximum Gasteiger partial charge on any atom is 0.229 e. The molecule has 0 bridgehead atoms. The van der Waals surface area contributed by atoms with Gasteiger partial charge >= 0.3 is 0 Å². The second-order valence-electron chi connectivity index (χ2n) is 10.0. The number of hydrogen-bond donors (Lipinski definition) is 1. The molecule has 4 rings (SSSR count). The highest BCUT2D eigenvalue weighted by Crippen LogP contribution is 2.42. The van der Waals surface area contributed by atoms with E-state index in [1.54, 1.807) is 0 Å². The number of rotatable bonds is 3. The maximum atomic E-state index is 12.8. The Bertz CT molecular complexity index is 764. The standard InChI is InChI=1S/C24H34N2O3/c1-24(2,3)23(28)25-19-10-6-9-17(13-19)21-14-18-15-26(12-11-20(18)29-21)22(27)16-7-4-5-8-16/h6,9-10,13,16,18,20-21H,4-5,7-8,11-12,14-15H2,1-3H3,(H,25,28). The van der Waals surface area contributed by atoms with Gasteiger partial charge in [-0.1, -0.05) is 45.7 Å². The molecular formula is C24H34N2O3. The first-order valence-electron chi connectivity index (χ1n) is 11.2. The molecule has 3 aliphatic rings. The Morgan fingerprint density at radius 3 is 2.62 bits per heavy atom. The number of amides is 2. The highest BCUT2D eigenvalue weighted by molar-refractivity contribution is 5.94. The average molecular weight is 399 g/mol. The highest BCUT2D eigenvalue weighted by atomic mass is 16.5. The lowest BCUT2D eigenvalue weighted by molar-refractivity contribution is -0.138. The summed E-state index contributed by atoms with van der Waals surface area (Å²) in [4.78, 5) is 27.2. The van der Waals surface area contributed by atoms with Crippen molar-refractivity contribution in [3.8, 4) is 0 Å². The summed E-state index contributed by atoms with van der Waals surface area (Å²) in [6.45, 7) is 7.39. The van der Waals surface area contributed by atoms with Gasteiger partial charge in [-0.15, -0.1) is 0 Å². The molecule has 1 aromatic rings. The van der Waals surface area contributed by atoms with Gasteiger partial charge in [-0.2, -0.15) is 0 Å². The second-order valence-corrected chi connectivity index (χ2v) is 10.0. The van der Waals surface area contributed by atoms with Gasteiger partial charge in [-0.05, 0) is 43.4 Å². The zero-order valence-electron chi connectivity index (χ0n) is 17.9. The van der Waals surface area contributed by atoms with E-state index < -0.39 is 5.41 Å². The first-order valence-corrected chi connectivity index (χ1v) is 11.2. The van der Waals surface area contributed by atoms with Crippen LogP contribution in [0.4, 0.5) is 5.69 Å². The summed E-state index contributed by atoms with van der Waals surface area (Å²) < 4.78 is 6.38. The Kier molecular flexibility index (Phi) is 5.69. The third-order valence-corrected chi connectivity index (χ3v) is 6.73. The second kappa shape index (κ2) is 8.10. The summed E-state index contributed by atoms with van der Waals surface area (Å²) >= 11 is 0. The Morgan fingerprint density at radius 1 is 1.14 bits per heavy atom. The number of carbonyl (C=O) groups excluding carboxylic acids is 2. The number of likely N-dealkylation sites (tertiary alicyclic amines) is 1. The molecule has 1 aromatic carbocycles. The molecule has 0 spiro atoms.